The molecular weight excluding hydrogens is 509 g/mol. The SMILES string of the molecule is Cc1c(OC2CCN(CC3CCN([C@@](C)(Cc4ccc(C#N)cc4)C(=O)O)CC3)CC2)ccc(Cl)c1Cl. The minimum atomic E-state index is -0.961. The summed E-state index contributed by atoms with van der Waals surface area (Å²) >= 11 is 12.4. The minimum absolute atomic E-state index is 0.174. The van der Waals surface area contributed by atoms with E-state index in [2.05, 4.69) is 15.9 Å². The van der Waals surface area contributed by atoms with Crippen molar-refractivity contribution in [2.45, 2.75) is 57.6 Å². The highest BCUT2D eigenvalue weighted by Gasteiger charge is 2.41. The second kappa shape index (κ2) is 12.0. The van der Waals surface area contributed by atoms with Crippen molar-refractivity contribution in [1.82, 2.24) is 9.80 Å². The molecule has 2 fully saturated rings. The second-order valence-electron chi connectivity index (χ2n) is 10.6. The van der Waals surface area contributed by atoms with Crippen LogP contribution in [0.3, 0.4) is 0 Å². The predicted octanol–water partition coefficient (Wildman–Crippen LogP) is 5.81. The Morgan fingerprint density at radius 3 is 2.32 bits per heavy atom. The van der Waals surface area contributed by atoms with Gasteiger partial charge in [-0.15, -0.1) is 0 Å². The summed E-state index contributed by atoms with van der Waals surface area (Å²) in [5.74, 6) is 0.580. The number of carboxylic acids is 1. The van der Waals surface area contributed by atoms with Crippen molar-refractivity contribution < 1.29 is 14.6 Å². The van der Waals surface area contributed by atoms with Gasteiger partial charge in [-0.05, 0) is 88.4 Å². The van der Waals surface area contributed by atoms with Gasteiger partial charge in [-0.1, -0.05) is 35.3 Å². The van der Waals surface area contributed by atoms with Gasteiger partial charge >= 0.3 is 5.97 Å². The van der Waals surface area contributed by atoms with Crippen LogP contribution in [-0.4, -0.2) is 65.2 Å². The largest absolute Gasteiger partial charge is 0.490 e. The molecule has 0 radical (unpaired) electrons. The van der Waals surface area contributed by atoms with E-state index in [0.717, 1.165) is 75.3 Å². The number of piperidine rings is 2. The van der Waals surface area contributed by atoms with Crippen LogP contribution in [0.4, 0.5) is 0 Å². The van der Waals surface area contributed by atoms with Gasteiger partial charge < -0.3 is 14.7 Å². The molecule has 6 nitrogen and oxygen atoms in total. The molecule has 1 N–H and O–H groups in total. The van der Waals surface area contributed by atoms with Crippen LogP contribution in [0.25, 0.3) is 0 Å². The van der Waals surface area contributed by atoms with Gasteiger partial charge in [0.1, 0.15) is 17.4 Å². The summed E-state index contributed by atoms with van der Waals surface area (Å²) in [5.41, 5.74) is 1.45. The topological polar surface area (TPSA) is 76.8 Å². The molecule has 0 bridgehead atoms. The fraction of sp³-hybridized carbons (Fsp3) is 0.517. The highest BCUT2D eigenvalue weighted by molar-refractivity contribution is 6.42. The van der Waals surface area contributed by atoms with Crippen LogP contribution in [0.1, 0.15) is 49.3 Å². The van der Waals surface area contributed by atoms with E-state index < -0.39 is 11.5 Å². The number of nitriles is 1. The lowest BCUT2D eigenvalue weighted by atomic mass is 9.86. The van der Waals surface area contributed by atoms with Gasteiger partial charge in [-0.2, -0.15) is 5.26 Å². The first-order valence-electron chi connectivity index (χ1n) is 13.0. The van der Waals surface area contributed by atoms with Crippen molar-refractivity contribution in [3.63, 3.8) is 0 Å². The second-order valence-corrected chi connectivity index (χ2v) is 11.4. The molecular formula is C29H35Cl2N3O3. The van der Waals surface area contributed by atoms with E-state index in [1.807, 2.05) is 32.0 Å². The number of halogens is 2. The minimum Gasteiger partial charge on any atom is -0.490 e. The number of hydrogen-bond donors (Lipinski definition) is 1. The molecule has 8 heteroatoms. The lowest BCUT2D eigenvalue weighted by Crippen LogP contribution is -2.57. The van der Waals surface area contributed by atoms with E-state index in [-0.39, 0.29) is 6.10 Å². The van der Waals surface area contributed by atoms with Crippen molar-refractivity contribution in [3.05, 3.63) is 63.1 Å². The summed E-state index contributed by atoms with van der Waals surface area (Å²) in [6.45, 7) is 8.36. The average molecular weight is 545 g/mol. The zero-order valence-electron chi connectivity index (χ0n) is 21.6. The molecule has 2 aliphatic rings. The molecule has 0 amide bonds. The number of ether oxygens (including phenoxy) is 1. The van der Waals surface area contributed by atoms with Crippen LogP contribution < -0.4 is 4.74 Å². The van der Waals surface area contributed by atoms with Gasteiger partial charge in [-0.25, -0.2) is 0 Å². The van der Waals surface area contributed by atoms with E-state index >= 15 is 0 Å². The molecule has 2 aromatic rings. The smallest absolute Gasteiger partial charge is 0.324 e. The van der Waals surface area contributed by atoms with Gasteiger partial charge in [0.15, 0.2) is 0 Å². The van der Waals surface area contributed by atoms with Crippen LogP contribution in [0, 0.1) is 24.2 Å². The Kier molecular flexibility index (Phi) is 9.03. The maximum atomic E-state index is 12.3. The zero-order chi connectivity index (χ0) is 26.6. The van der Waals surface area contributed by atoms with Gasteiger partial charge in [-0.3, -0.25) is 9.69 Å². The summed E-state index contributed by atoms with van der Waals surface area (Å²) in [5, 5.41) is 20.2. The maximum absolute atomic E-state index is 12.3. The molecule has 0 saturated carbocycles. The van der Waals surface area contributed by atoms with Gasteiger partial charge in [0, 0.05) is 31.6 Å². The van der Waals surface area contributed by atoms with Gasteiger partial charge in [0.2, 0.25) is 0 Å². The molecule has 37 heavy (non-hydrogen) atoms. The fourth-order valence-electron chi connectivity index (χ4n) is 5.54. The zero-order valence-corrected chi connectivity index (χ0v) is 23.1. The number of rotatable bonds is 8. The normalized spacial score (nSPS) is 19.8. The number of carbonyl (C=O) groups is 1. The van der Waals surface area contributed by atoms with Crippen molar-refractivity contribution in [2.24, 2.45) is 5.92 Å². The van der Waals surface area contributed by atoms with Crippen molar-refractivity contribution in [1.29, 1.82) is 5.26 Å². The molecule has 4 rings (SSSR count). The number of likely N-dealkylation sites (tertiary alicyclic amines) is 2. The van der Waals surface area contributed by atoms with Crippen LogP contribution >= 0.6 is 23.2 Å². The van der Waals surface area contributed by atoms with E-state index in [1.54, 1.807) is 18.2 Å². The molecule has 0 aromatic heterocycles. The molecule has 0 aliphatic carbocycles. The summed E-state index contributed by atoms with van der Waals surface area (Å²) in [6.07, 6.45) is 4.53. The van der Waals surface area contributed by atoms with Crippen LogP contribution in [0.5, 0.6) is 5.75 Å². The third kappa shape index (κ3) is 6.59. The number of hydrogen-bond acceptors (Lipinski definition) is 5. The summed E-state index contributed by atoms with van der Waals surface area (Å²) < 4.78 is 6.25. The van der Waals surface area contributed by atoms with E-state index in [9.17, 15) is 9.90 Å². The van der Waals surface area contributed by atoms with E-state index in [0.29, 0.717) is 27.9 Å². The predicted molar refractivity (Wildman–Crippen MR) is 146 cm³/mol. The highest BCUT2D eigenvalue weighted by atomic mass is 35.5. The van der Waals surface area contributed by atoms with E-state index in [1.165, 1.54) is 0 Å². The first-order valence-corrected chi connectivity index (χ1v) is 13.8. The number of nitrogens with zero attached hydrogens (tertiary/aromatic N) is 3. The first kappa shape index (κ1) is 27.7. The quantitative estimate of drug-likeness (QED) is 0.452. The summed E-state index contributed by atoms with van der Waals surface area (Å²) in [6, 6.07) is 13.0. The Bertz CT molecular complexity index is 1130. The lowest BCUT2D eigenvalue weighted by molar-refractivity contribution is -0.151. The molecule has 198 valence electrons. The Hall–Kier alpha value is -2.30. The van der Waals surface area contributed by atoms with Crippen molar-refractivity contribution in [3.8, 4) is 11.8 Å². The summed E-state index contributed by atoms with van der Waals surface area (Å²) in [7, 11) is 0. The third-order valence-corrected chi connectivity index (χ3v) is 8.94. The molecule has 0 unspecified atom stereocenters. The fourth-order valence-corrected chi connectivity index (χ4v) is 5.90. The molecule has 2 aliphatic heterocycles. The number of aliphatic carboxylic acids is 1. The Morgan fingerprint density at radius 2 is 1.73 bits per heavy atom. The number of benzene rings is 2. The lowest BCUT2D eigenvalue weighted by Gasteiger charge is -2.43. The first-order chi connectivity index (χ1) is 17.7. The van der Waals surface area contributed by atoms with Crippen LogP contribution in [-0.2, 0) is 11.2 Å². The standard InChI is InChI=1S/C29H35Cl2N3O3/c1-20-26(8-7-25(30)27(20)31)37-24-11-13-33(14-12-24)19-23-9-15-34(16-10-23)29(2,28(35)36)17-21-3-5-22(18-32)6-4-21/h3-8,23-24H,9-17,19H2,1-2H3,(H,35,36)/t29-/m0/s1. The maximum Gasteiger partial charge on any atom is 0.324 e. The molecule has 2 heterocycles. The molecule has 2 aromatic carbocycles. The Labute approximate surface area is 229 Å². The third-order valence-electron chi connectivity index (χ3n) is 8.04. The summed E-state index contributed by atoms with van der Waals surface area (Å²) in [4.78, 5) is 17.0. The molecule has 1 atom stereocenters. The van der Waals surface area contributed by atoms with Crippen molar-refractivity contribution >= 4 is 29.2 Å². The van der Waals surface area contributed by atoms with Crippen LogP contribution in [0.15, 0.2) is 36.4 Å². The van der Waals surface area contributed by atoms with Crippen molar-refractivity contribution in [2.75, 3.05) is 32.7 Å². The Morgan fingerprint density at radius 1 is 1.08 bits per heavy atom. The Balaban J connectivity index is 1.25. The molecule has 2 saturated heterocycles. The number of carboxylic acid groups (broad SMARTS) is 1. The average Bonchev–Trinajstić information content (AvgIpc) is 2.90. The monoisotopic (exact) mass is 543 g/mol. The van der Waals surface area contributed by atoms with Gasteiger partial charge in [0.05, 0.1) is 21.7 Å². The van der Waals surface area contributed by atoms with E-state index in [4.69, 9.17) is 33.2 Å². The molecule has 0 spiro atoms. The van der Waals surface area contributed by atoms with Crippen LogP contribution in [0.2, 0.25) is 10.0 Å². The van der Waals surface area contributed by atoms with Gasteiger partial charge in [0.25, 0.3) is 0 Å². The highest BCUT2D eigenvalue weighted by Crippen LogP contribution is 2.34.